The van der Waals surface area contributed by atoms with Gasteiger partial charge in [0.05, 0.1) is 0 Å². The van der Waals surface area contributed by atoms with Gasteiger partial charge in [-0.1, -0.05) is 0 Å². The van der Waals surface area contributed by atoms with Crippen molar-refractivity contribution in [1.29, 1.82) is 0 Å². The number of aliphatic carboxylic acids is 1. The quantitative estimate of drug-likeness (QED) is 0.786. The van der Waals surface area contributed by atoms with E-state index in [1.54, 1.807) is 0 Å². The van der Waals surface area contributed by atoms with Crippen LogP contribution in [0.2, 0.25) is 0 Å². The van der Waals surface area contributed by atoms with E-state index in [1.165, 1.54) is 12.1 Å². The molecule has 6 heteroatoms. The molecule has 0 aromatic heterocycles. The van der Waals surface area contributed by atoms with E-state index < -0.39 is 17.8 Å². The monoisotopic (exact) mass is 227 g/mol. The van der Waals surface area contributed by atoms with Crippen molar-refractivity contribution in [2.45, 2.75) is 12.5 Å². The summed E-state index contributed by atoms with van der Waals surface area (Å²) in [6, 6.07) is 1.46. The van der Waals surface area contributed by atoms with Crippen molar-refractivity contribution < 1.29 is 23.8 Å². The minimum absolute atomic E-state index is 0.0449. The first-order chi connectivity index (χ1) is 7.58. The lowest BCUT2D eigenvalue weighted by molar-refractivity contribution is -0.138. The second-order valence-electron chi connectivity index (χ2n) is 3.45. The summed E-state index contributed by atoms with van der Waals surface area (Å²) in [4.78, 5) is 10.5. The van der Waals surface area contributed by atoms with Gasteiger partial charge >= 0.3 is 5.97 Å². The number of carboxylic acids is 1. The predicted octanol–water partition coefficient (Wildman–Crippen LogP) is 0.509. The molecule has 0 saturated heterocycles. The maximum absolute atomic E-state index is 13.5. The Labute approximate surface area is 90.6 Å². The van der Waals surface area contributed by atoms with E-state index in [9.17, 15) is 9.18 Å². The molecule has 1 aromatic carbocycles. The molecule has 1 aromatic rings. The highest BCUT2D eigenvalue weighted by molar-refractivity contribution is 5.73. The highest BCUT2D eigenvalue weighted by atomic mass is 19.1. The van der Waals surface area contributed by atoms with Gasteiger partial charge in [0.15, 0.2) is 11.5 Å². The Hall–Kier alpha value is -1.82. The van der Waals surface area contributed by atoms with Gasteiger partial charge in [-0.2, -0.15) is 0 Å². The normalized spacial score (nSPS) is 14.9. The third-order valence-electron chi connectivity index (χ3n) is 2.30. The minimum Gasteiger partial charge on any atom is -0.480 e. The predicted molar refractivity (Wildman–Crippen MR) is 51.8 cm³/mol. The second kappa shape index (κ2) is 3.97. The molecule has 16 heavy (non-hydrogen) atoms. The highest BCUT2D eigenvalue weighted by Crippen LogP contribution is 2.34. The van der Waals surface area contributed by atoms with Crippen molar-refractivity contribution in [3.05, 3.63) is 23.5 Å². The Balaban J connectivity index is 2.25. The molecule has 0 saturated carbocycles. The van der Waals surface area contributed by atoms with Crippen LogP contribution in [-0.4, -0.2) is 23.9 Å². The summed E-state index contributed by atoms with van der Waals surface area (Å²) in [7, 11) is 0. The van der Waals surface area contributed by atoms with Gasteiger partial charge in [-0.3, -0.25) is 4.79 Å². The molecule has 1 heterocycles. The number of ether oxygens (including phenoxy) is 2. The molecular weight excluding hydrogens is 217 g/mol. The van der Waals surface area contributed by atoms with Crippen molar-refractivity contribution in [2.75, 3.05) is 6.79 Å². The first kappa shape index (κ1) is 10.7. The Bertz CT molecular complexity index is 435. The fraction of sp³-hybridized carbons (Fsp3) is 0.300. The van der Waals surface area contributed by atoms with E-state index >= 15 is 0 Å². The van der Waals surface area contributed by atoms with Crippen LogP contribution >= 0.6 is 0 Å². The third kappa shape index (κ3) is 1.92. The topological polar surface area (TPSA) is 81.8 Å². The first-order valence-electron chi connectivity index (χ1n) is 4.64. The summed E-state index contributed by atoms with van der Waals surface area (Å²) in [5.74, 6) is -0.975. The molecule has 1 aliphatic heterocycles. The molecule has 1 aliphatic rings. The van der Waals surface area contributed by atoms with Gasteiger partial charge in [0, 0.05) is 12.5 Å². The number of hydrogen-bond acceptors (Lipinski definition) is 4. The van der Waals surface area contributed by atoms with Gasteiger partial charge in [0.1, 0.15) is 11.9 Å². The lowest BCUT2D eigenvalue weighted by Crippen LogP contribution is -2.32. The van der Waals surface area contributed by atoms with E-state index in [-0.39, 0.29) is 18.8 Å². The SMILES string of the molecule is NC(Cc1cc2c(cc1F)OCO2)C(=O)O. The van der Waals surface area contributed by atoms with E-state index in [2.05, 4.69) is 0 Å². The molecule has 86 valence electrons. The van der Waals surface area contributed by atoms with Crippen molar-refractivity contribution in [3.63, 3.8) is 0 Å². The van der Waals surface area contributed by atoms with Gasteiger partial charge < -0.3 is 20.3 Å². The Kier molecular flexibility index (Phi) is 2.66. The Morgan fingerprint density at radius 1 is 1.50 bits per heavy atom. The van der Waals surface area contributed by atoms with E-state index in [0.717, 1.165) is 0 Å². The zero-order chi connectivity index (χ0) is 11.7. The fourth-order valence-corrected chi connectivity index (χ4v) is 1.44. The second-order valence-corrected chi connectivity index (χ2v) is 3.45. The van der Waals surface area contributed by atoms with Gasteiger partial charge in [0.25, 0.3) is 0 Å². The minimum atomic E-state index is -1.17. The highest BCUT2D eigenvalue weighted by Gasteiger charge is 2.20. The summed E-state index contributed by atoms with van der Waals surface area (Å²) < 4.78 is 23.5. The Morgan fingerprint density at radius 3 is 2.75 bits per heavy atom. The van der Waals surface area contributed by atoms with Crippen LogP contribution in [0, 0.1) is 5.82 Å². The van der Waals surface area contributed by atoms with E-state index in [4.69, 9.17) is 20.3 Å². The van der Waals surface area contributed by atoms with Crippen molar-refractivity contribution in [1.82, 2.24) is 0 Å². The number of nitrogens with two attached hydrogens (primary N) is 1. The summed E-state index contributed by atoms with van der Waals surface area (Å²) in [5, 5.41) is 8.62. The number of benzene rings is 1. The molecule has 0 bridgehead atoms. The number of fused-ring (bicyclic) bond motifs is 1. The van der Waals surface area contributed by atoms with Gasteiger partial charge in [-0.25, -0.2) is 4.39 Å². The molecule has 0 radical (unpaired) electrons. The lowest BCUT2D eigenvalue weighted by atomic mass is 10.1. The average Bonchev–Trinajstić information content (AvgIpc) is 2.65. The van der Waals surface area contributed by atoms with Crippen LogP contribution in [0.15, 0.2) is 12.1 Å². The van der Waals surface area contributed by atoms with Gasteiger partial charge in [0.2, 0.25) is 6.79 Å². The maximum atomic E-state index is 13.5. The molecule has 1 unspecified atom stereocenters. The molecule has 0 spiro atoms. The summed E-state index contributed by atoms with van der Waals surface area (Å²) in [6.07, 6.45) is -0.0855. The van der Waals surface area contributed by atoms with E-state index in [1.807, 2.05) is 0 Å². The summed E-state index contributed by atoms with van der Waals surface area (Å²) >= 11 is 0. The van der Waals surface area contributed by atoms with Crippen LogP contribution in [0.5, 0.6) is 11.5 Å². The van der Waals surface area contributed by atoms with Crippen LogP contribution in [0.1, 0.15) is 5.56 Å². The molecule has 5 nitrogen and oxygen atoms in total. The summed E-state index contributed by atoms with van der Waals surface area (Å²) in [5.41, 5.74) is 5.53. The number of carboxylic acid groups (broad SMARTS) is 1. The van der Waals surface area contributed by atoms with Crippen LogP contribution in [-0.2, 0) is 11.2 Å². The molecule has 0 fully saturated rings. The Morgan fingerprint density at radius 2 is 2.12 bits per heavy atom. The zero-order valence-electron chi connectivity index (χ0n) is 8.27. The van der Waals surface area contributed by atoms with Crippen LogP contribution < -0.4 is 15.2 Å². The van der Waals surface area contributed by atoms with Crippen molar-refractivity contribution in [3.8, 4) is 11.5 Å². The maximum Gasteiger partial charge on any atom is 0.320 e. The number of rotatable bonds is 3. The standard InChI is InChI=1S/C10H10FNO4/c11-6-3-9-8(15-4-16-9)2-5(6)1-7(12)10(13)14/h2-3,7H,1,4,12H2,(H,13,14). The molecule has 2 rings (SSSR count). The van der Waals surface area contributed by atoms with Crippen LogP contribution in [0.25, 0.3) is 0 Å². The lowest BCUT2D eigenvalue weighted by Gasteiger charge is -2.08. The fourth-order valence-electron chi connectivity index (χ4n) is 1.44. The average molecular weight is 227 g/mol. The molecule has 0 amide bonds. The molecule has 1 atom stereocenters. The zero-order valence-corrected chi connectivity index (χ0v) is 8.27. The van der Waals surface area contributed by atoms with Gasteiger partial charge in [-0.05, 0) is 11.6 Å². The van der Waals surface area contributed by atoms with Crippen LogP contribution in [0.4, 0.5) is 4.39 Å². The summed E-state index contributed by atoms with van der Waals surface area (Å²) in [6.45, 7) is 0.0449. The van der Waals surface area contributed by atoms with Crippen molar-refractivity contribution >= 4 is 5.97 Å². The third-order valence-corrected chi connectivity index (χ3v) is 2.30. The van der Waals surface area contributed by atoms with Crippen LogP contribution in [0.3, 0.4) is 0 Å². The van der Waals surface area contributed by atoms with Gasteiger partial charge in [-0.15, -0.1) is 0 Å². The number of halogens is 1. The largest absolute Gasteiger partial charge is 0.480 e. The van der Waals surface area contributed by atoms with E-state index in [0.29, 0.717) is 11.5 Å². The molecule has 3 N–H and O–H groups in total. The first-order valence-corrected chi connectivity index (χ1v) is 4.64. The number of carbonyl (C=O) groups is 1. The molecule has 0 aliphatic carbocycles. The number of hydrogen-bond donors (Lipinski definition) is 2. The molecular formula is C10H10FNO4. The smallest absolute Gasteiger partial charge is 0.320 e. The van der Waals surface area contributed by atoms with Crippen molar-refractivity contribution in [2.24, 2.45) is 5.73 Å².